The Morgan fingerprint density at radius 1 is 1.61 bits per heavy atom. The van der Waals surface area contributed by atoms with Crippen molar-refractivity contribution >= 4 is 23.4 Å². The quantitative estimate of drug-likeness (QED) is 0.857. The lowest BCUT2D eigenvalue weighted by atomic mass is 10.1. The van der Waals surface area contributed by atoms with Crippen molar-refractivity contribution in [3.8, 4) is 0 Å². The number of fused-ring (bicyclic) bond motifs is 1. The van der Waals surface area contributed by atoms with Gasteiger partial charge < -0.3 is 15.7 Å². The summed E-state index contributed by atoms with van der Waals surface area (Å²) in [5, 5.41) is 9.48. The molecular weight excluding hydrogens is 248 g/mol. The number of amides is 1. The van der Waals surface area contributed by atoms with Crippen LogP contribution in [0.15, 0.2) is 23.1 Å². The molecule has 3 N–H and O–H groups in total. The molecule has 1 aliphatic heterocycles. The van der Waals surface area contributed by atoms with Gasteiger partial charge in [0.2, 0.25) is 0 Å². The van der Waals surface area contributed by atoms with Gasteiger partial charge in [-0.2, -0.15) is 0 Å². The Hall–Kier alpha value is -1.04. The minimum Gasteiger partial charge on any atom is -0.382 e. The summed E-state index contributed by atoms with van der Waals surface area (Å²) in [6.07, 6.45) is 1.10. The van der Waals surface area contributed by atoms with E-state index in [1.54, 1.807) is 7.05 Å². The summed E-state index contributed by atoms with van der Waals surface area (Å²) in [6, 6.07) is 5.99. The van der Waals surface area contributed by atoms with Crippen LogP contribution in [-0.2, 0) is 11.2 Å². The maximum atomic E-state index is 11.8. The number of aliphatic hydroxyl groups excluding tert-OH is 1. The van der Waals surface area contributed by atoms with Crippen LogP contribution in [-0.4, -0.2) is 36.5 Å². The van der Waals surface area contributed by atoms with Gasteiger partial charge in [0, 0.05) is 24.2 Å². The summed E-state index contributed by atoms with van der Waals surface area (Å²) in [5.41, 5.74) is 7.40. The molecule has 4 nitrogen and oxygen atoms in total. The van der Waals surface area contributed by atoms with Crippen LogP contribution in [0, 0.1) is 0 Å². The number of likely N-dealkylation sites (N-methyl/N-ethyl adjacent to an activating group) is 1. The minimum absolute atomic E-state index is 0.0516. The van der Waals surface area contributed by atoms with E-state index in [-0.39, 0.29) is 12.5 Å². The van der Waals surface area contributed by atoms with E-state index in [4.69, 9.17) is 5.73 Å². The minimum atomic E-state index is -1.12. The molecule has 2 rings (SSSR count). The average Bonchev–Trinajstić information content (AvgIpc) is 2.44. The van der Waals surface area contributed by atoms with Crippen LogP contribution >= 0.6 is 11.8 Å². The lowest BCUT2D eigenvalue weighted by Gasteiger charge is -2.23. The van der Waals surface area contributed by atoms with Crippen LogP contribution in [0.25, 0.3) is 0 Å². The number of benzene rings is 1. The van der Waals surface area contributed by atoms with Gasteiger partial charge in [-0.05, 0) is 42.4 Å². The molecule has 1 heterocycles. The molecule has 1 aromatic carbocycles. The van der Waals surface area contributed by atoms with Gasteiger partial charge in [0.25, 0.3) is 5.91 Å². The molecule has 0 radical (unpaired) electrons. The third-order valence-corrected chi connectivity index (χ3v) is 4.32. The lowest BCUT2D eigenvalue weighted by molar-refractivity contribution is -0.125. The summed E-state index contributed by atoms with van der Waals surface area (Å²) in [7, 11) is 1.67. The van der Waals surface area contributed by atoms with Crippen molar-refractivity contribution in [3.05, 3.63) is 23.8 Å². The van der Waals surface area contributed by atoms with E-state index in [0.717, 1.165) is 17.9 Å². The van der Waals surface area contributed by atoms with Crippen LogP contribution in [0.2, 0.25) is 0 Å². The molecule has 1 amide bonds. The van der Waals surface area contributed by atoms with Gasteiger partial charge in [-0.3, -0.25) is 4.79 Å². The molecule has 0 fully saturated rings. The molecule has 1 unspecified atom stereocenters. The van der Waals surface area contributed by atoms with E-state index in [2.05, 4.69) is 0 Å². The third-order valence-electron chi connectivity index (χ3n) is 3.12. The van der Waals surface area contributed by atoms with Crippen molar-refractivity contribution in [3.63, 3.8) is 0 Å². The summed E-state index contributed by atoms with van der Waals surface area (Å²) < 4.78 is 0. The Labute approximate surface area is 111 Å². The Balaban J connectivity index is 2.20. The molecule has 0 saturated heterocycles. The number of aryl methyl sites for hydroxylation is 1. The molecule has 5 heteroatoms. The maximum absolute atomic E-state index is 11.8. The average molecular weight is 266 g/mol. The van der Waals surface area contributed by atoms with Gasteiger partial charge in [0.1, 0.15) is 6.10 Å². The fourth-order valence-electron chi connectivity index (χ4n) is 2.01. The largest absolute Gasteiger partial charge is 0.382 e. The highest BCUT2D eigenvalue weighted by atomic mass is 32.2. The third kappa shape index (κ3) is 2.68. The molecule has 0 saturated carbocycles. The number of aliphatic hydroxyl groups is 1. The summed E-state index contributed by atoms with van der Waals surface area (Å²) in [6.45, 7) is -0.0516. The molecule has 0 aliphatic carbocycles. The monoisotopic (exact) mass is 266 g/mol. The lowest BCUT2D eigenvalue weighted by Crippen LogP contribution is -2.40. The number of nitrogens with zero attached hydrogens (tertiary/aromatic N) is 1. The van der Waals surface area contributed by atoms with Crippen molar-refractivity contribution in [1.82, 2.24) is 0 Å². The molecule has 0 bridgehead atoms. The first kappa shape index (κ1) is 13.4. The smallest absolute Gasteiger partial charge is 0.256 e. The Bertz CT molecular complexity index is 451. The summed E-state index contributed by atoms with van der Waals surface area (Å²) in [4.78, 5) is 14.6. The molecular formula is C13H18N2O2S. The fourth-order valence-corrected chi connectivity index (χ4v) is 3.03. The number of hydrogen-bond donors (Lipinski definition) is 2. The molecule has 98 valence electrons. The van der Waals surface area contributed by atoms with Gasteiger partial charge in [-0.1, -0.05) is 0 Å². The molecule has 18 heavy (non-hydrogen) atoms. The van der Waals surface area contributed by atoms with E-state index in [9.17, 15) is 9.90 Å². The first-order chi connectivity index (χ1) is 8.63. The fraction of sp³-hybridized carbons (Fsp3) is 0.462. The molecule has 1 aromatic rings. The van der Waals surface area contributed by atoms with Crippen molar-refractivity contribution in [1.29, 1.82) is 0 Å². The number of thioether (sulfide) groups is 1. The maximum Gasteiger partial charge on any atom is 0.256 e. The van der Waals surface area contributed by atoms with Gasteiger partial charge >= 0.3 is 0 Å². The van der Waals surface area contributed by atoms with Gasteiger partial charge in [0.05, 0.1) is 0 Å². The number of nitrogens with two attached hydrogens (primary N) is 1. The predicted octanol–water partition coefficient (Wildman–Crippen LogP) is 1.01. The van der Waals surface area contributed by atoms with E-state index in [1.165, 1.54) is 21.8 Å². The molecule has 0 spiro atoms. The first-order valence-corrected chi connectivity index (χ1v) is 7.03. The number of carbonyl (C=O) groups excluding carboxylic acids is 1. The highest BCUT2D eigenvalue weighted by molar-refractivity contribution is 7.99. The Kier molecular flexibility index (Phi) is 4.27. The van der Waals surface area contributed by atoms with Crippen molar-refractivity contribution < 1.29 is 9.90 Å². The van der Waals surface area contributed by atoms with Crippen LogP contribution in [0.1, 0.15) is 12.0 Å². The molecule has 1 aliphatic rings. The zero-order valence-corrected chi connectivity index (χ0v) is 11.2. The van der Waals surface area contributed by atoms with Gasteiger partial charge in [-0.25, -0.2) is 0 Å². The van der Waals surface area contributed by atoms with Crippen LogP contribution < -0.4 is 10.6 Å². The Morgan fingerprint density at radius 3 is 3.11 bits per heavy atom. The highest BCUT2D eigenvalue weighted by Crippen LogP contribution is 2.32. The topological polar surface area (TPSA) is 66.6 Å². The number of carbonyl (C=O) groups is 1. The van der Waals surface area contributed by atoms with E-state index in [0.29, 0.717) is 0 Å². The van der Waals surface area contributed by atoms with E-state index >= 15 is 0 Å². The molecule has 0 aromatic heterocycles. The standard InChI is InChI=1S/C13H18N2O2S/c1-15(13(17)11(16)8-14)10-4-5-12-9(7-10)3-2-6-18-12/h4-5,7,11,16H,2-3,6,8,14H2,1H3. The normalized spacial score (nSPS) is 15.9. The second kappa shape index (κ2) is 5.73. The van der Waals surface area contributed by atoms with E-state index < -0.39 is 6.10 Å². The SMILES string of the molecule is CN(C(=O)C(O)CN)c1ccc2c(c1)CCCS2. The predicted molar refractivity (Wildman–Crippen MR) is 74.0 cm³/mol. The van der Waals surface area contributed by atoms with Crippen molar-refractivity contribution in [2.45, 2.75) is 23.8 Å². The van der Waals surface area contributed by atoms with E-state index in [1.807, 2.05) is 30.0 Å². The zero-order valence-electron chi connectivity index (χ0n) is 10.4. The van der Waals surface area contributed by atoms with Crippen LogP contribution in [0.3, 0.4) is 0 Å². The highest BCUT2D eigenvalue weighted by Gasteiger charge is 2.20. The second-order valence-electron chi connectivity index (χ2n) is 4.39. The van der Waals surface area contributed by atoms with Crippen LogP contribution in [0.4, 0.5) is 5.69 Å². The molecule has 1 atom stereocenters. The second-order valence-corrected chi connectivity index (χ2v) is 5.53. The van der Waals surface area contributed by atoms with Gasteiger partial charge in [-0.15, -0.1) is 11.8 Å². The number of anilines is 1. The number of rotatable bonds is 3. The number of hydrogen-bond acceptors (Lipinski definition) is 4. The van der Waals surface area contributed by atoms with Crippen LogP contribution in [0.5, 0.6) is 0 Å². The van der Waals surface area contributed by atoms with Crippen molar-refractivity contribution in [2.75, 3.05) is 24.2 Å². The Morgan fingerprint density at radius 2 is 2.39 bits per heavy atom. The summed E-state index contributed by atoms with van der Waals surface area (Å²) >= 11 is 1.86. The van der Waals surface area contributed by atoms with Gasteiger partial charge in [0.15, 0.2) is 0 Å². The van der Waals surface area contributed by atoms with Crippen molar-refractivity contribution in [2.24, 2.45) is 5.73 Å². The first-order valence-electron chi connectivity index (χ1n) is 6.05. The summed E-state index contributed by atoms with van der Waals surface area (Å²) in [5.74, 6) is 0.799. The zero-order chi connectivity index (χ0) is 13.1.